The van der Waals surface area contributed by atoms with E-state index in [0.29, 0.717) is 0 Å². The molecule has 0 bridgehead atoms. The van der Waals surface area contributed by atoms with Gasteiger partial charge in [-0.15, -0.1) is 0 Å². The molecule has 1 aliphatic heterocycles. The number of unbranched alkanes of at least 4 members (excludes halogenated alkanes) is 3. The lowest BCUT2D eigenvalue weighted by Gasteiger charge is -2.31. The van der Waals surface area contributed by atoms with Crippen LogP contribution in [0.4, 0.5) is 0 Å². The van der Waals surface area contributed by atoms with Crippen LogP contribution in [0.5, 0.6) is 0 Å². The van der Waals surface area contributed by atoms with E-state index in [0.717, 1.165) is 5.92 Å². The summed E-state index contributed by atoms with van der Waals surface area (Å²) in [5.74, 6) is 1.03. The van der Waals surface area contributed by atoms with Crippen LogP contribution < -0.4 is 0 Å². The normalized spacial score (nSPS) is 13.9. The van der Waals surface area contributed by atoms with Crippen LogP contribution in [0, 0.1) is 5.92 Å². The van der Waals surface area contributed by atoms with Gasteiger partial charge in [-0.3, -0.25) is 0 Å². The predicted molar refractivity (Wildman–Crippen MR) is 109 cm³/mol. The molecule has 1 aliphatic rings. The Morgan fingerprint density at radius 2 is 1.14 bits per heavy atom. The summed E-state index contributed by atoms with van der Waals surface area (Å²) in [4.78, 5) is 2.67. The highest BCUT2D eigenvalue weighted by molar-refractivity contribution is 4.71. The van der Waals surface area contributed by atoms with Crippen molar-refractivity contribution in [1.82, 2.24) is 4.90 Å². The molecule has 0 N–H and O–H groups in total. The fraction of sp³-hybridized carbons (Fsp3) is 1.00. The van der Waals surface area contributed by atoms with Gasteiger partial charge in [-0.1, -0.05) is 94.9 Å². The van der Waals surface area contributed by atoms with Crippen LogP contribution in [0.1, 0.15) is 114 Å². The molecule has 140 valence electrons. The highest BCUT2D eigenvalue weighted by Crippen LogP contribution is 2.20. The van der Waals surface area contributed by atoms with Crippen LogP contribution >= 0.6 is 0 Å². The first kappa shape index (κ1) is 29.9. The fourth-order valence-electron chi connectivity index (χ4n) is 2.38. The Morgan fingerprint density at radius 1 is 0.682 bits per heavy atom. The lowest BCUT2D eigenvalue weighted by atomic mass is 9.94. The Kier molecular flexibility index (Phi) is 44.6. The van der Waals surface area contributed by atoms with E-state index in [1.165, 1.54) is 64.6 Å². The summed E-state index contributed by atoms with van der Waals surface area (Å²) in [6, 6.07) is 0. The lowest BCUT2D eigenvalue weighted by molar-refractivity contribution is 0.179. The summed E-state index contributed by atoms with van der Waals surface area (Å²) < 4.78 is 0. The van der Waals surface area contributed by atoms with E-state index in [2.05, 4.69) is 18.7 Å². The minimum Gasteiger partial charge on any atom is -0.303 e. The zero-order valence-corrected chi connectivity index (χ0v) is 18.1. The van der Waals surface area contributed by atoms with E-state index in [1.807, 2.05) is 55.4 Å². The lowest BCUT2D eigenvalue weighted by Crippen LogP contribution is -2.34. The first-order valence-electron chi connectivity index (χ1n) is 10.6. The Labute approximate surface area is 145 Å². The van der Waals surface area contributed by atoms with Gasteiger partial charge in [0.25, 0.3) is 0 Å². The smallest absolute Gasteiger partial charge is 0.00161 e. The van der Waals surface area contributed by atoms with Gasteiger partial charge in [-0.05, 0) is 44.8 Å². The van der Waals surface area contributed by atoms with Gasteiger partial charge in [-0.2, -0.15) is 0 Å². The predicted octanol–water partition coefficient (Wildman–Crippen LogP) is 7.79. The van der Waals surface area contributed by atoms with E-state index in [9.17, 15) is 0 Å². The van der Waals surface area contributed by atoms with E-state index < -0.39 is 0 Å². The molecule has 22 heavy (non-hydrogen) atoms. The molecule has 1 fully saturated rings. The molecule has 0 aromatic carbocycles. The van der Waals surface area contributed by atoms with Gasteiger partial charge in [-0.25, -0.2) is 0 Å². The van der Waals surface area contributed by atoms with E-state index >= 15 is 0 Å². The summed E-state index contributed by atoms with van der Waals surface area (Å²) in [5, 5.41) is 0. The Hall–Kier alpha value is -0.0400. The molecule has 0 radical (unpaired) electrons. The van der Waals surface area contributed by atoms with Crippen molar-refractivity contribution in [3.8, 4) is 0 Å². The maximum Gasteiger partial charge on any atom is -0.00161 e. The zero-order chi connectivity index (χ0) is 18.2. The molecule has 0 saturated carbocycles. The van der Waals surface area contributed by atoms with Gasteiger partial charge in [0, 0.05) is 0 Å². The minimum atomic E-state index is 1.03. The van der Waals surface area contributed by atoms with Gasteiger partial charge in [0.2, 0.25) is 0 Å². The van der Waals surface area contributed by atoms with Crippen molar-refractivity contribution in [3.05, 3.63) is 0 Å². The Morgan fingerprint density at radius 3 is 1.50 bits per heavy atom. The van der Waals surface area contributed by atoms with E-state index in [4.69, 9.17) is 0 Å². The zero-order valence-electron chi connectivity index (χ0n) is 18.1. The summed E-state index contributed by atoms with van der Waals surface area (Å²) in [6.45, 7) is 24.7. The van der Waals surface area contributed by atoms with Gasteiger partial charge in [0.15, 0.2) is 0 Å². The second-order valence-corrected chi connectivity index (χ2v) is 4.75. The molecule has 0 spiro atoms. The molecule has 1 heterocycles. The second kappa shape index (κ2) is 32.8. The Bertz CT molecular complexity index is 126. The molecule has 0 unspecified atom stereocenters. The van der Waals surface area contributed by atoms with Crippen molar-refractivity contribution in [2.24, 2.45) is 5.92 Å². The summed E-state index contributed by atoms with van der Waals surface area (Å²) in [5.41, 5.74) is 0. The van der Waals surface area contributed by atoms with E-state index in [-0.39, 0.29) is 0 Å². The fourth-order valence-corrected chi connectivity index (χ4v) is 2.38. The van der Waals surface area contributed by atoms with Crippen LogP contribution in [-0.4, -0.2) is 24.5 Å². The van der Waals surface area contributed by atoms with Crippen LogP contribution in [0.2, 0.25) is 0 Å². The number of hydrogen-bond donors (Lipinski definition) is 0. The number of nitrogens with zero attached hydrogens (tertiary/aromatic N) is 1. The molecule has 0 aromatic rings. The van der Waals surface area contributed by atoms with Crippen molar-refractivity contribution in [3.63, 3.8) is 0 Å². The standard InChI is InChI=1S/C13H27N.4C2H6/c1-3-5-6-7-10-14-11-8-13(4-2)9-12-14;4*1-2/h13H,3-12H2,1-2H3;4*1-2H3. The molecular formula is C21H51N. The molecule has 0 atom stereocenters. The Balaban J connectivity index is -0.000000175. The second-order valence-electron chi connectivity index (χ2n) is 4.75. The topological polar surface area (TPSA) is 3.24 Å². The molecule has 0 aromatic heterocycles. The van der Waals surface area contributed by atoms with Crippen LogP contribution in [0.15, 0.2) is 0 Å². The first-order valence-corrected chi connectivity index (χ1v) is 10.6. The van der Waals surface area contributed by atoms with Gasteiger partial charge in [0.1, 0.15) is 0 Å². The molecule has 0 amide bonds. The first-order chi connectivity index (χ1) is 10.9. The summed E-state index contributed by atoms with van der Waals surface area (Å²) in [6.07, 6.45) is 9.93. The third-order valence-corrected chi connectivity index (χ3v) is 3.61. The molecule has 1 saturated heterocycles. The van der Waals surface area contributed by atoms with Gasteiger partial charge < -0.3 is 4.90 Å². The maximum absolute atomic E-state index is 2.67. The molecular weight excluding hydrogens is 266 g/mol. The van der Waals surface area contributed by atoms with Crippen LogP contribution in [-0.2, 0) is 0 Å². The average molecular weight is 318 g/mol. The van der Waals surface area contributed by atoms with E-state index in [1.54, 1.807) is 0 Å². The highest BCUT2D eigenvalue weighted by atomic mass is 15.1. The molecule has 1 rings (SSSR count). The number of rotatable bonds is 6. The SMILES string of the molecule is CC.CC.CC.CC.CCCCCCN1CCC(CC)CC1. The number of likely N-dealkylation sites (tertiary alicyclic amines) is 1. The molecule has 1 nitrogen and oxygen atoms in total. The number of piperidine rings is 1. The third kappa shape index (κ3) is 22.2. The largest absolute Gasteiger partial charge is 0.303 e. The van der Waals surface area contributed by atoms with Crippen molar-refractivity contribution < 1.29 is 0 Å². The van der Waals surface area contributed by atoms with Crippen molar-refractivity contribution in [1.29, 1.82) is 0 Å². The van der Waals surface area contributed by atoms with Gasteiger partial charge in [0.05, 0.1) is 0 Å². The third-order valence-electron chi connectivity index (χ3n) is 3.61. The van der Waals surface area contributed by atoms with Crippen molar-refractivity contribution in [2.45, 2.75) is 114 Å². The summed E-state index contributed by atoms with van der Waals surface area (Å²) in [7, 11) is 0. The molecule has 1 heteroatoms. The number of hydrogen-bond acceptors (Lipinski definition) is 1. The van der Waals surface area contributed by atoms with Crippen molar-refractivity contribution in [2.75, 3.05) is 19.6 Å². The van der Waals surface area contributed by atoms with Crippen LogP contribution in [0.3, 0.4) is 0 Å². The van der Waals surface area contributed by atoms with Crippen LogP contribution in [0.25, 0.3) is 0 Å². The summed E-state index contributed by atoms with van der Waals surface area (Å²) >= 11 is 0. The van der Waals surface area contributed by atoms with Gasteiger partial charge >= 0.3 is 0 Å². The monoisotopic (exact) mass is 317 g/mol. The van der Waals surface area contributed by atoms with Crippen molar-refractivity contribution >= 4 is 0 Å². The quantitative estimate of drug-likeness (QED) is 0.452. The minimum absolute atomic E-state index is 1.03. The average Bonchev–Trinajstić information content (AvgIpc) is 2.66. The maximum atomic E-state index is 2.67. The molecule has 0 aliphatic carbocycles. The highest BCUT2D eigenvalue weighted by Gasteiger charge is 2.16.